The Morgan fingerprint density at radius 1 is 1.09 bits per heavy atom. The molecule has 1 aromatic heterocycles. The van der Waals surface area contributed by atoms with E-state index in [-0.39, 0.29) is 0 Å². The molecule has 0 atom stereocenters. The molecule has 0 aliphatic rings. The Morgan fingerprint density at radius 3 is 2.36 bits per heavy atom. The summed E-state index contributed by atoms with van der Waals surface area (Å²) in [4.78, 5) is 3.82. The molecule has 0 bridgehead atoms. The first kappa shape index (κ1) is 14.4. The van der Waals surface area contributed by atoms with Crippen LogP contribution in [0.4, 0.5) is 5.69 Å². The fourth-order valence-electron chi connectivity index (χ4n) is 2.47. The van der Waals surface area contributed by atoms with Crippen molar-refractivity contribution in [2.75, 3.05) is 6.26 Å². The summed E-state index contributed by atoms with van der Waals surface area (Å²) in [7, 11) is -3.19. The van der Waals surface area contributed by atoms with Gasteiger partial charge in [0.25, 0.3) is 0 Å². The third-order valence-corrected chi connectivity index (χ3v) is 4.80. The van der Waals surface area contributed by atoms with E-state index in [1.807, 2.05) is 35.9 Å². The number of aromatic nitrogens is 1. The smallest absolute Gasteiger partial charge is 0.190 e. The van der Waals surface area contributed by atoms with E-state index in [1.165, 1.54) is 6.26 Å². The van der Waals surface area contributed by atoms with Crippen molar-refractivity contribution in [2.24, 2.45) is 0 Å². The second-order valence-corrected chi connectivity index (χ2v) is 7.28. The second-order valence-electron chi connectivity index (χ2n) is 5.26. The van der Waals surface area contributed by atoms with E-state index < -0.39 is 9.84 Å². The molecule has 4 nitrogen and oxygen atoms in total. The van der Waals surface area contributed by atoms with Crippen molar-refractivity contribution >= 4 is 26.4 Å². The number of hydrogen-bond donors (Lipinski definition) is 0. The van der Waals surface area contributed by atoms with Gasteiger partial charge in [-0.1, -0.05) is 0 Å². The minimum atomic E-state index is -3.19. The van der Waals surface area contributed by atoms with Crippen molar-refractivity contribution in [3.05, 3.63) is 65.6 Å². The van der Waals surface area contributed by atoms with Crippen molar-refractivity contribution in [1.29, 1.82) is 0 Å². The molecule has 0 amide bonds. The van der Waals surface area contributed by atoms with Crippen LogP contribution < -0.4 is 0 Å². The average Bonchev–Trinajstić information content (AvgIpc) is 2.88. The van der Waals surface area contributed by atoms with Crippen LogP contribution in [-0.2, 0) is 9.84 Å². The molecule has 0 saturated carbocycles. The highest BCUT2D eigenvalue weighted by Gasteiger charge is 2.09. The molecule has 22 heavy (non-hydrogen) atoms. The second kappa shape index (κ2) is 5.00. The highest BCUT2D eigenvalue weighted by atomic mass is 32.2. The lowest BCUT2D eigenvalue weighted by molar-refractivity contribution is 0.602. The monoisotopic (exact) mass is 310 g/mol. The summed E-state index contributed by atoms with van der Waals surface area (Å²) in [6.07, 6.45) is 3.12. The molecular formula is C17H14N2O2S. The standard InChI is InChI=1S/C17H14N2O2S/c1-12-10-17-13(11-16(12)18-2)8-9-19(17)14-4-6-15(7-5-14)22(3,20)21/h4-11H,1,3H3. The van der Waals surface area contributed by atoms with E-state index >= 15 is 0 Å². The van der Waals surface area contributed by atoms with E-state index in [1.54, 1.807) is 24.3 Å². The first-order valence-electron chi connectivity index (χ1n) is 6.70. The van der Waals surface area contributed by atoms with Crippen LogP contribution in [0.15, 0.2) is 53.6 Å². The van der Waals surface area contributed by atoms with Gasteiger partial charge in [0.05, 0.1) is 17.0 Å². The van der Waals surface area contributed by atoms with Gasteiger partial charge < -0.3 is 4.57 Å². The molecule has 3 rings (SSSR count). The van der Waals surface area contributed by atoms with Crippen LogP contribution in [0.3, 0.4) is 0 Å². The van der Waals surface area contributed by atoms with Crippen LogP contribution in [0.2, 0.25) is 0 Å². The zero-order valence-electron chi connectivity index (χ0n) is 12.2. The molecule has 5 heteroatoms. The highest BCUT2D eigenvalue weighted by Crippen LogP contribution is 2.28. The van der Waals surface area contributed by atoms with Crippen molar-refractivity contribution < 1.29 is 8.42 Å². The lowest BCUT2D eigenvalue weighted by atomic mass is 10.1. The van der Waals surface area contributed by atoms with Gasteiger partial charge in [0.2, 0.25) is 0 Å². The van der Waals surface area contributed by atoms with Crippen LogP contribution in [0.25, 0.3) is 21.4 Å². The van der Waals surface area contributed by atoms with Gasteiger partial charge >= 0.3 is 0 Å². The van der Waals surface area contributed by atoms with Gasteiger partial charge in [0.15, 0.2) is 15.5 Å². The summed E-state index contributed by atoms with van der Waals surface area (Å²) in [5.41, 5.74) is 3.46. The van der Waals surface area contributed by atoms with Crippen LogP contribution in [0.5, 0.6) is 0 Å². The summed E-state index contributed by atoms with van der Waals surface area (Å²) in [5, 5.41) is 0.990. The molecule has 0 unspecified atom stereocenters. The summed E-state index contributed by atoms with van der Waals surface area (Å²) in [6.45, 7) is 9.09. The predicted molar refractivity (Wildman–Crippen MR) is 87.4 cm³/mol. The van der Waals surface area contributed by atoms with Gasteiger partial charge in [0, 0.05) is 18.1 Å². The van der Waals surface area contributed by atoms with Gasteiger partial charge in [-0.3, -0.25) is 0 Å². The minimum Gasteiger partial charge on any atom is -0.317 e. The summed E-state index contributed by atoms with van der Waals surface area (Å²) in [6, 6.07) is 12.6. The maximum Gasteiger partial charge on any atom is 0.190 e. The Bertz CT molecular complexity index is 1010. The zero-order valence-corrected chi connectivity index (χ0v) is 13.1. The predicted octanol–water partition coefficient (Wildman–Crippen LogP) is 3.89. The maximum atomic E-state index is 11.5. The zero-order chi connectivity index (χ0) is 15.9. The number of sulfone groups is 1. The minimum absolute atomic E-state index is 0.305. The molecule has 0 radical (unpaired) electrons. The molecule has 0 spiro atoms. The third-order valence-electron chi connectivity index (χ3n) is 3.67. The Hall–Kier alpha value is -2.58. The van der Waals surface area contributed by atoms with Gasteiger partial charge in [-0.25, -0.2) is 13.3 Å². The van der Waals surface area contributed by atoms with Crippen molar-refractivity contribution in [1.82, 2.24) is 4.57 Å². The fourth-order valence-corrected chi connectivity index (χ4v) is 3.10. The number of rotatable bonds is 2. The van der Waals surface area contributed by atoms with Crippen molar-refractivity contribution in [3.63, 3.8) is 0 Å². The summed E-state index contributed by atoms with van der Waals surface area (Å²) in [5.74, 6) is 0. The van der Waals surface area contributed by atoms with E-state index in [9.17, 15) is 8.42 Å². The molecule has 0 fully saturated rings. The molecule has 0 aliphatic carbocycles. The van der Waals surface area contributed by atoms with Gasteiger partial charge in [0.1, 0.15) is 0 Å². The van der Waals surface area contributed by atoms with Gasteiger partial charge in [-0.15, -0.1) is 0 Å². The van der Waals surface area contributed by atoms with Crippen LogP contribution in [0.1, 0.15) is 5.56 Å². The lowest BCUT2D eigenvalue weighted by Crippen LogP contribution is -1.98. The Kier molecular flexibility index (Phi) is 3.27. The molecule has 1 heterocycles. The van der Waals surface area contributed by atoms with Crippen LogP contribution >= 0.6 is 0 Å². The number of aryl methyl sites for hydroxylation is 1. The molecular weight excluding hydrogens is 296 g/mol. The Labute approximate surface area is 129 Å². The number of hydrogen-bond acceptors (Lipinski definition) is 2. The third kappa shape index (κ3) is 2.38. The highest BCUT2D eigenvalue weighted by molar-refractivity contribution is 7.90. The van der Waals surface area contributed by atoms with Crippen molar-refractivity contribution in [3.8, 4) is 5.69 Å². The van der Waals surface area contributed by atoms with E-state index in [0.29, 0.717) is 10.6 Å². The summed E-state index contributed by atoms with van der Waals surface area (Å²) >= 11 is 0. The lowest BCUT2D eigenvalue weighted by Gasteiger charge is -2.08. The molecule has 3 aromatic rings. The summed E-state index contributed by atoms with van der Waals surface area (Å²) < 4.78 is 25.0. The normalized spacial score (nSPS) is 11.5. The van der Waals surface area contributed by atoms with E-state index in [4.69, 9.17) is 6.57 Å². The topological polar surface area (TPSA) is 43.4 Å². The van der Waals surface area contributed by atoms with Gasteiger partial charge in [-0.2, -0.15) is 0 Å². The number of fused-ring (bicyclic) bond motifs is 1. The largest absolute Gasteiger partial charge is 0.317 e. The first-order chi connectivity index (χ1) is 10.4. The molecule has 0 N–H and O–H groups in total. The molecule has 0 aliphatic heterocycles. The Balaban J connectivity index is 2.15. The number of benzene rings is 2. The van der Waals surface area contributed by atoms with E-state index in [0.717, 1.165) is 22.2 Å². The average molecular weight is 310 g/mol. The van der Waals surface area contributed by atoms with Crippen LogP contribution in [-0.4, -0.2) is 19.2 Å². The maximum absolute atomic E-state index is 11.5. The molecule has 2 aromatic carbocycles. The molecule has 0 saturated heterocycles. The fraction of sp³-hybridized carbons (Fsp3) is 0.118. The van der Waals surface area contributed by atoms with Crippen molar-refractivity contribution in [2.45, 2.75) is 11.8 Å². The SMILES string of the molecule is [C-]#[N+]c1cc2ccn(-c3ccc(S(C)(=O)=O)cc3)c2cc1C. The Morgan fingerprint density at radius 2 is 1.77 bits per heavy atom. The first-order valence-corrected chi connectivity index (χ1v) is 8.59. The van der Waals surface area contributed by atoms with E-state index in [2.05, 4.69) is 4.85 Å². The number of nitrogens with zero attached hydrogens (tertiary/aromatic N) is 2. The molecule has 110 valence electrons. The van der Waals surface area contributed by atoms with Gasteiger partial charge in [-0.05, 0) is 60.3 Å². The van der Waals surface area contributed by atoms with Crippen LogP contribution in [0, 0.1) is 13.5 Å². The quantitative estimate of drug-likeness (QED) is 0.674.